The maximum absolute atomic E-state index is 12.4. The molecule has 1 aromatic heterocycles. The van der Waals surface area contributed by atoms with Crippen LogP contribution in [-0.2, 0) is 22.0 Å². The number of carbonyl (C=O) groups is 1. The predicted octanol–water partition coefficient (Wildman–Crippen LogP) is 2.27. The van der Waals surface area contributed by atoms with Gasteiger partial charge in [-0.05, 0) is 12.1 Å². The molecule has 1 aliphatic heterocycles. The molecule has 1 aromatic carbocycles. The van der Waals surface area contributed by atoms with Crippen LogP contribution in [0.2, 0.25) is 0 Å². The number of hydrogen-bond acceptors (Lipinski definition) is 5. The van der Waals surface area contributed by atoms with Gasteiger partial charge in [-0.15, -0.1) is 0 Å². The first-order valence-corrected chi connectivity index (χ1v) is 9.84. The SMILES string of the molecule is Cn1cc(/C=C2\SC(=S)N(CCS(=O)(=O)O)C2=O)c2ccccc21. The highest BCUT2D eigenvalue weighted by atomic mass is 32.2. The lowest BCUT2D eigenvalue weighted by Gasteiger charge is -2.12. The summed E-state index contributed by atoms with van der Waals surface area (Å²) in [4.78, 5) is 14.1. The monoisotopic (exact) mass is 382 g/mol. The first-order chi connectivity index (χ1) is 11.3. The molecule has 0 radical (unpaired) electrons. The zero-order chi connectivity index (χ0) is 17.5. The van der Waals surface area contributed by atoms with Crippen molar-refractivity contribution in [1.29, 1.82) is 0 Å². The second-order valence-corrected chi connectivity index (χ2v) is 8.58. The van der Waals surface area contributed by atoms with Gasteiger partial charge in [0.05, 0.1) is 10.7 Å². The number of fused-ring (bicyclic) bond motifs is 1. The minimum absolute atomic E-state index is 0.156. The first-order valence-electron chi connectivity index (χ1n) is 7.01. The fraction of sp³-hybridized carbons (Fsp3) is 0.200. The van der Waals surface area contributed by atoms with Crippen LogP contribution in [-0.4, -0.2) is 45.0 Å². The Balaban J connectivity index is 1.91. The van der Waals surface area contributed by atoms with Crippen molar-refractivity contribution in [2.24, 2.45) is 7.05 Å². The van der Waals surface area contributed by atoms with Crippen molar-refractivity contribution in [3.63, 3.8) is 0 Å². The molecular formula is C15H14N2O4S3. The third-order valence-electron chi connectivity index (χ3n) is 3.66. The summed E-state index contributed by atoms with van der Waals surface area (Å²) in [5, 5.41) is 1.02. The standard InChI is InChI=1S/C15H14N2O4S3/c1-16-9-10(11-4-2-3-5-12(11)16)8-13-14(18)17(15(22)23-13)6-7-24(19,20)21/h2-5,8-9H,6-7H2,1H3,(H,19,20,21)/b13-8-. The number of aromatic nitrogens is 1. The van der Waals surface area contributed by atoms with Gasteiger partial charge in [0.15, 0.2) is 0 Å². The van der Waals surface area contributed by atoms with Crippen LogP contribution >= 0.6 is 24.0 Å². The minimum Gasteiger partial charge on any atom is -0.350 e. The Bertz CT molecular complexity index is 976. The molecule has 0 aliphatic carbocycles. The van der Waals surface area contributed by atoms with Gasteiger partial charge in [-0.2, -0.15) is 8.42 Å². The summed E-state index contributed by atoms with van der Waals surface area (Å²) in [6, 6.07) is 7.84. The molecule has 3 rings (SSSR count). The number of rotatable bonds is 4. The fourth-order valence-corrected chi connectivity index (χ4v) is 4.24. The number of carbonyl (C=O) groups excluding carboxylic acids is 1. The highest BCUT2D eigenvalue weighted by Crippen LogP contribution is 2.34. The van der Waals surface area contributed by atoms with Crippen LogP contribution < -0.4 is 0 Å². The van der Waals surface area contributed by atoms with Gasteiger partial charge >= 0.3 is 0 Å². The number of aryl methyl sites for hydroxylation is 1. The van der Waals surface area contributed by atoms with E-state index in [2.05, 4.69) is 0 Å². The van der Waals surface area contributed by atoms with Gasteiger partial charge in [-0.25, -0.2) is 0 Å². The number of benzene rings is 1. The highest BCUT2D eigenvalue weighted by molar-refractivity contribution is 8.26. The highest BCUT2D eigenvalue weighted by Gasteiger charge is 2.32. The Morgan fingerprint density at radius 1 is 1.33 bits per heavy atom. The number of nitrogens with zero attached hydrogens (tertiary/aromatic N) is 2. The quantitative estimate of drug-likeness (QED) is 0.496. The maximum atomic E-state index is 12.4. The third kappa shape index (κ3) is 3.39. The van der Waals surface area contributed by atoms with E-state index in [-0.39, 0.29) is 16.8 Å². The average Bonchev–Trinajstić information content (AvgIpc) is 2.95. The zero-order valence-corrected chi connectivity index (χ0v) is 15.1. The van der Waals surface area contributed by atoms with Crippen LogP contribution in [0.1, 0.15) is 5.56 Å². The van der Waals surface area contributed by atoms with E-state index in [0.717, 1.165) is 28.2 Å². The van der Waals surface area contributed by atoms with Crippen molar-refractivity contribution in [3.8, 4) is 0 Å². The second-order valence-electron chi connectivity index (χ2n) is 5.33. The summed E-state index contributed by atoms with van der Waals surface area (Å²) in [5.74, 6) is -0.886. The summed E-state index contributed by atoms with van der Waals surface area (Å²) in [5.41, 5.74) is 1.94. The van der Waals surface area contributed by atoms with Gasteiger partial charge < -0.3 is 4.57 Å². The summed E-state index contributed by atoms with van der Waals surface area (Å²) in [7, 11) is -2.22. The molecule has 6 nitrogen and oxygen atoms in total. The van der Waals surface area contributed by atoms with E-state index in [1.807, 2.05) is 42.1 Å². The topological polar surface area (TPSA) is 79.6 Å². The third-order valence-corrected chi connectivity index (χ3v) is 5.74. The molecule has 1 saturated heterocycles. The van der Waals surface area contributed by atoms with Gasteiger partial charge in [-0.1, -0.05) is 42.2 Å². The molecule has 0 spiro atoms. The molecule has 0 saturated carbocycles. The minimum atomic E-state index is -4.15. The van der Waals surface area contributed by atoms with E-state index in [0.29, 0.717) is 4.91 Å². The summed E-state index contributed by atoms with van der Waals surface area (Å²) in [6.45, 7) is -0.156. The number of thiocarbonyl (C=S) groups is 1. The van der Waals surface area contributed by atoms with E-state index in [1.165, 1.54) is 4.90 Å². The Morgan fingerprint density at radius 2 is 2.04 bits per heavy atom. The molecule has 0 unspecified atom stereocenters. The maximum Gasteiger partial charge on any atom is 0.266 e. The van der Waals surface area contributed by atoms with Gasteiger partial charge in [0.2, 0.25) is 0 Å². The number of para-hydroxylation sites is 1. The van der Waals surface area contributed by atoms with Crippen LogP contribution in [0.15, 0.2) is 35.4 Å². The van der Waals surface area contributed by atoms with E-state index in [1.54, 1.807) is 6.08 Å². The lowest BCUT2D eigenvalue weighted by Crippen LogP contribution is -2.32. The van der Waals surface area contributed by atoms with Gasteiger partial charge in [-0.3, -0.25) is 14.2 Å². The fourth-order valence-electron chi connectivity index (χ4n) is 2.53. The Hall–Kier alpha value is -1.68. The average molecular weight is 382 g/mol. The molecule has 1 N–H and O–H groups in total. The van der Waals surface area contributed by atoms with Crippen molar-refractivity contribution in [3.05, 3.63) is 40.9 Å². The molecule has 24 heavy (non-hydrogen) atoms. The second kappa shape index (κ2) is 6.32. The van der Waals surface area contributed by atoms with E-state index >= 15 is 0 Å². The number of thioether (sulfide) groups is 1. The Labute approximate surface area is 148 Å². The van der Waals surface area contributed by atoms with Crippen LogP contribution in [0.5, 0.6) is 0 Å². The van der Waals surface area contributed by atoms with Crippen LogP contribution in [0.4, 0.5) is 0 Å². The van der Waals surface area contributed by atoms with Crippen molar-refractivity contribution >= 4 is 61.3 Å². The Kier molecular flexibility index (Phi) is 4.52. The van der Waals surface area contributed by atoms with Crippen molar-refractivity contribution in [2.75, 3.05) is 12.3 Å². The molecular weight excluding hydrogens is 368 g/mol. The number of amides is 1. The van der Waals surface area contributed by atoms with Crippen LogP contribution in [0.25, 0.3) is 17.0 Å². The molecule has 1 amide bonds. The van der Waals surface area contributed by atoms with Crippen molar-refractivity contribution in [1.82, 2.24) is 9.47 Å². The molecule has 0 atom stereocenters. The van der Waals surface area contributed by atoms with Crippen molar-refractivity contribution in [2.45, 2.75) is 0 Å². The summed E-state index contributed by atoms with van der Waals surface area (Å²) in [6.07, 6.45) is 3.68. The van der Waals surface area contributed by atoms with Crippen LogP contribution in [0, 0.1) is 0 Å². The van der Waals surface area contributed by atoms with Gasteiger partial charge in [0.25, 0.3) is 16.0 Å². The molecule has 126 valence electrons. The van der Waals surface area contributed by atoms with Crippen LogP contribution in [0.3, 0.4) is 0 Å². The molecule has 2 heterocycles. The lowest BCUT2D eigenvalue weighted by molar-refractivity contribution is -0.121. The van der Waals surface area contributed by atoms with E-state index < -0.39 is 15.9 Å². The molecule has 0 bridgehead atoms. The smallest absolute Gasteiger partial charge is 0.266 e. The lowest BCUT2D eigenvalue weighted by atomic mass is 10.1. The normalized spacial score (nSPS) is 17.4. The van der Waals surface area contributed by atoms with Crippen molar-refractivity contribution < 1.29 is 17.8 Å². The zero-order valence-electron chi connectivity index (χ0n) is 12.7. The molecule has 9 heteroatoms. The molecule has 1 fully saturated rings. The largest absolute Gasteiger partial charge is 0.350 e. The number of hydrogen-bond donors (Lipinski definition) is 1. The first kappa shape index (κ1) is 17.2. The predicted molar refractivity (Wildman–Crippen MR) is 99.2 cm³/mol. The Morgan fingerprint density at radius 3 is 2.75 bits per heavy atom. The van der Waals surface area contributed by atoms with E-state index in [9.17, 15) is 13.2 Å². The summed E-state index contributed by atoms with van der Waals surface area (Å²) >= 11 is 6.27. The van der Waals surface area contributed by atoms with Gasteiger partial charge in [0.1, 0.15) is 4.32 Å². The van der Waals surface area contributed by atoms with E-state index in [4.69, 9.17) is 16.8 Å². The molecule has 1 aliphatic rings. The van der Waals surface area contributed by atoms with Gasteiger partial charge in [0, 0.05) is 36.3 Å². The summed E-state index contributed by atoms with van der Waals surface area (Å²) < 4.78 is 32.8. The molecule has 2 aromatic rings.